The normalized spacial score (nSPS) is 11.7. The van der Waals surface area contributed by atoms with Crippen molar-refractivity contribution in [3.63, 3.8) is 0 Å². The molecule has 1 amide bonds. The van der Waals surface area contributed by atoms with Crippen LogP contribution in [0.3, 0.4) is 0 Å². The molecule has 1 N–H and O–H groups in total. The summed E-state index contributed by atoms with van der Waals surface area (Å²) in [4.78, 5) is 20.3. The Morgan fingerprint density at radius 2 is 2.14 bits per heavy atom. The fraction of sp³-hybridized carbons (Fsp3) is 0.417. The summed E-state index contributed by atoms with van der Waals surface area (Å²) in [6.07, 6.45) is -3.63. The molecule has 0 unspecified atom stereocenters. The predicted octanol–water partition coefficient (Wildman–Crippen LogP) is 2.74. The van der Waals surface area contributed by atoms with E-state index >= 15 is 0 Å². The monoisotopic (exact) mass is 319 g/mol. The van der Waals surface area contributed by atoms with Crippen LogP contribution in [-0.2, 0) is 12.6 Å². The van der Waals surface area contributed by atoms with Crippen LogP contribution in [0.5, 0.6) is 0 Å². The van der Waals surface area contributed by atoms with E-state index < -0.39 is 23.5 Å². The van der Waals surface area contributed by atoms with E-state index in [1.807, 2.05) is 13.8 Å². The second-order valence-electron chi connectivity index (χ2n) is 4.28. The average Bonchev–Trinajstić information content (AvgIpc) is 2.96. The number of alkyl halides is 3. The molecule has 5 nitrogen and oxygen atoms in total. The molecule has 2 aromatic rings. The minimum Gasteiger partial charge on any atom is -0.438 e. The molecule has 0 saturated heterocycles. The molecule has 2 aromatic heterocycles. The van der Waals surface area contributed by atoms with Crippen molar-refractivity contribution in [1.29, 1.82) is 0 Å². The van der Waals surface area contributed by atoms with E-state index in [0.29, 0.717) is 12.8 Å². The molecule has 2 heterocycles. The van der Waals surface area contributed by atoms with Gasteiger partial charge >= 0.3 is 6.18 Å². The van der Waals surface area contributed by atoms with Crippen LogP contribution in [0.2, 0.25) is 0 Å². The van der Waals surface area contributed by atoms with Crippen LogP contribution in [0, 0.1) is 13.8 Å². The summed E-state index contributed by atoms with van der Waals surface area (Å²) in [6, 6.07) is 0. The average molecular weight is 319 g/mol. The van der Waals surface area contributed by atoms with E-state index in [1.54, 1.807) is 0 Å². The van der Waals surface area contributed by atoms with Crippen molar-refractivity contribution in [3.05, 3.63) is 33.4 Å². The number of halogens is 3. The summed E-state index contributed by atoms with van der Waals surface area (Å²) in [5.74, 6) is -2.29. The highest BCUT2D eigenvalue weighted by molar-refractivity contribution is 7.11. The Labute approximate surface area is 122 Å². The van der Waals surface area contributed by atoms with Crippen molar-refractivity contribution in [2.45, 2.75) is 26.4 Å². The smallest absolute Gasteiger partial charge is 0.438 e. The summed E-state index contributed by atoms with van der Waals surface area (Å²) in [5, 5.41) is 3.31. The fourth-order valence-corrected chi connectivity index (χ4v) is 2.72. The van der Waals surface area contributed by atoms with E-state index in [-0.39, 0.29) is 6.54 Å². The van der Waals surface area contributed by atoms with E-state index in [2.05, 4.69) is 19.7 Å². The third-order valence-electron chi connectivity index (χ3n) is 2.68. The summed E-state index contributed by atoms with van der Waals surface area (Å²) >= 11 is 1.49. The van der Waals surface area contributed by atoms with Crippen LogP contribution in [0.15, 0.2) is 10.8 Å². The van der Waals surface area contributed by atoms with Crippen LogP contribution in [0.1, 0.15) is 31.8 Å². The predicted molar refractivity (Wildman–Crippen MR) is 69.1 cm³/mol. The molecule has 0 radical (unpaired) electrons. The first-order valence-corrected chi connectivity index (χ1v) is 6.82. The highest BCUT2D eigenvalue weighted by Gasteiger charge is 2.40. The lowest BCUT2D eigenvalue weighted by atomic mass is 10.3. The molecule has 9 heteroatoms. The van der Waals surface area contributed by atoms with Crippen LogP contribution < -0.4 is 5.32 Å². The van der Waals surface area contributed by atoms with Gasteiger partial charge in [0.05, 0.1) is 10.7 Å². The van der Waals surface area contributed by atoms with Crippen molar-refractivity contribution in [3.8, 4) is 0 Å². The second kappa shape index (κ2) is 5.84. The van der Waals surface area contributed by atoms with E-state index in [4.69, 9.17) is 0 Å². The molecule has 0 aliphatic heterocycles. The first kappa shape index (κ1) is 15.5. The van der Waals surface area contributed by atoms with Gasteiger partial charge in [0.25, 0.3) is 5.91 Å². The lowest BCUT2D eigenvalue weighted by Gasteiger charge is -2.06. The lowest BCUT2D eigenvalue weighted by Crippen LogP contribution is -2.28. The van der Waals surface area contributed by atoms with Crippen LogP contribution in [0.25, 0.3) is 0 Å². The first-order valence-electron chi connectivity index (χ1n) is 6.01. The lowest BCUT2D eigenvalue weighted by molar-refractivity contribution is -0.153. The molecule has 0 aliphatic carbocycles. The zero-order chi connectivity index (χ0) is 15.6. The van der Waals surface area contributed by atoms with Gasteiger partial charge in [0.1, 0.15) is 0 Å². The maximum absolute atomic E-state index is 12.6. The van der Waals surface area contributed by atoms with Crippen molar-refractivity contribution < 1.29 is 22.4 Å². The second-order valence-corrected chi connectivity index (χ2v) is 5.56. The summed E-state index contributed by atoms with van der Waals surface area (Å²) in [7, 11) is 0. The number of aromatic nitrogens is 2. The molecule has 0 aromatic carbocycles. The van der Waals surface area contributed by atoms with Gasteiger partial charge in [-0.2, -0.15) is 13.2 Å². The molecule has 0 fully saturated rings. The Hall–Kier alpha value is -1.90. The van der Waals surface area contributed by atoms with Crippen molar-refractivity contribution >= 4 is 17.2 Å². The van der Waals surface area contributed by atoms with Gasteiger partial charge in [-0.3, -0.25) is 4.79 Å². The molecule has 0 atom stereocenters. The maximum Gasteiger partial charge on any atom is 0.452 e. The van der Waals surface area contributed by atoms with E-state index in [1.165, 1.54) is 11.3 Å². The Bertz CT molecular complexity index is 648. The maximum atomic E-state index is 12.6. The molecule has 0 spiro atoms. The molecule has 0 bridgehead atoms. The Morgan fingerprint density at radius 1 is 1.43 bits per heavy atom. The Kier molecular flexibility index (Phi) is 4.31. The zero-order valence-corrected chi connectivity index (χ0v) is 12.1. The van der Waals surface area contributed by atoms with Crippen LogP contribution in [0.4, 0.5) is 13.2 Å². The molecule has 2 rings (SSSR count). The van der Waals surface area contributed by atoms with Gasteiger partial charge in [-0.05, 0) is 13.8 Å². The standard InChI is InChI=1S/C12H12F3N3O2S/c1-6-8(21-7(2)18-6)3-4-16-11(19)9-10(12(13,14)15)20-5-17-9/h5H,3-4H2,1-2H3,(H,16,19). The Morgan fingerprint density at radius 3 is 2.71 bits per heavy atom. The third-order valence-corrected chi connectivity index (χ3v) is 3.81. The SMILES string of the molecule is Cc1nc(C)c(CCNC(=O)c2ncoc2C(F)(F)F)s1. The van der Waals surface area contributed by atoms with Gasteiger partial charge in [-0.15, -0.1) is 11.3 Å². The highest BCUT2D eigenvalue weighted by Crippen LogP contribution is 2.31. The number of nitrogens with zero attached hydrogens (tertiary/aromatic N) is 2. The summed E-state index contributed by atoms with van der Waals surface area (Å²) in [5.41, 5.74) is 0.115. The fourth-order valence-electron chi connectivity index (χ4n) is 1.79. The zero-order valence-electron chi connectivity index (χ0n) is 11.2. The quantitative estimate of drug-likeness (QED) is 0.941. The minimum absolute atomic E-state index is 0.200. The third kappa shape index (κ3) is 3.60. The number of rotatable bonds is 4. The molecule has 0 aliphatic rings. The highest BCUT2D eigenvalue weighted by atomic mass is 32.1. The largest absolute Gasteiger partial charge is 0.452 e. The minimum atomic E-state index is -4.74. The van der Waals surface area contributed by atoms with E-state index in [9.17, 15) is 18.0 Å². The Balaban J connectivity index is 1.97. The first-order chi connectivity index (χ1) is 9.79. The van der Waals surface area contributed by atoms with Gasteiger partial charge in [-0.1, -0.05) is 0 Å². The number of carbonyl (C=O) groups is 1. The van der Waals surface area contributed by atoms with Gasteiger partial charge in [0.2, 0.25) is 5.76 Å². The molecule has 21 heavy (non-hydrogen) atoms. The number of oxazole rings is 1. The van der Waals surface area contributed by atoms with Crippen LogP contribution in [-0.4, -0.2) is 22.4 Å². The van der Waals surface area contributed by atoms with Crippen molar-refractivity contribution in [1.82, 2.24) is 15.3 Å². The van der Waals surface area contributed by atoms with E-state index in [0.717, 1.165) is 15.6 Å². The van der Waals surface area contributed by atoms with Gasteiger partial charge in [0, 0.05) is 17.8 Å². The number of carbonyl (C=O) groups excluding carboxylic acids is 1. The summed E-state index contributed by atoms with van der Waals surface area (Å²) in [6.45, 7) is 3.91. The number of nitrogens with one attached hydrogen (secondary N) is 1. The van der Waals surface area contributed by atoms with Gasteiger partial charge < -0.3 is 9.73 Å². The van der Waals surface area contributed by atoms with Crippen molar-refractivity contribution in [2.75, 3.05) is 6.54 Å². The number of hydrogen-bond donors (Lipinski definition) is 1. The van der Waals surface area contributed by atoms with Crippen molar-refractivity contribution in [2.24, 2.45) is 0 Å². The van der Waals surface area contributed by atoms with Gasteiger partial charge in [-0.25, -0.2) is 9.97 Å². The number of aryl methyl sites for hydroxylation is 2. The molecular formula is C12H12F3N3O2S. The summed E-state index contributed by atoms with van der Waals surface area (Å²) < 4.78 is 41.9. The number of thiazole rings is 1. The number of hydrogen-bond acceptors (Lipinski definition) is 5. The molecule has 114 valence electrons. The molecule has 0 saturated carbocycles. The molecular weight excluding hydrogens is 307 g/mol. The van der Waals surface area contributed by atoms with Crippen LogP contribution >= 0.6 is 11.3 Å². The number of amides is 1. The van der Waals surface area contributed by atoms with Gasteiger partial charge in [0.15, 0.2) is 12.1 Å². The topological polar surface area (TPSA) is 68.0 Å².